The van der Waals surface area contributed by atoms with Crippen molar-refractivity contribution >= 4 is 5.91 Å². The molecule has 1 aliphatic rings. The van der Waals surface area contributed by atoms with Crippen molar-refractivity contribution in [3.05, 3.63) is 0 Å². The summed E-state index contributed by atoms with van der Waals surface area (Å²) in [5.74, 6) is 0.276. The molecule has 1 saturated heterocycles. The quantitative estimate of drug-likeness (QED) is 0.733. The molecule has 2 N–H and O–H groups in total. The smallest absolute Gasteiger partial charge is 0.226 e. The Morgan fingerprint density at radius 3 is 2.44 bits per heavy atom. The van der Waals surface area contributed by atoms with E-state index in [1.54, 1.807) is 0 Å². The van der Waals surface area contributed by atoms with Gasteiger partial charge in [-0.15, -0.1) is 0 Å². The summed E-state index contributed by atoms with van der Waals surface area (Å²) >= 11 is 0. The number of nitrogens with one attached hydrogen (secondary N) is 2. The molecule has 1 rings (SSSR count). The first-order valence-electron chi connectivity index (χ1n) is 7.64. The standard InChI is InChI=1S/C15H30N2O/c1-4-6-8-13(7-5-2)17-14(18)15(3)9-11-16-12-10-15/h13,16H,4-12H2,1-3H3,(H,17,18). The molecule has 3 heteroatoms. The van der Waals surface area contributed by atoms with Gasteiger partial charge in [0.1, 0.15) is 0 Å². The highest BCUT2D eigenvalue weighted by molar-refractivity contribution is 5.82. The van der Waals surface area contributed by atoms with E-state index in [1.165, 1.54) is 12.8 Å². The third-order valence-corrected chi connectivity index (χ3v) is 4.13. The Morgan fingerprint density at radius 2 is 1.89 bits per heavy atom. The fourth-order valence-electron chi connectivity index (χ4n) is 2.65. The predicted molar refractivity (Wildman–Crippen MR) is 76.6 cm³/mol. The van der Waals surface area contributed by atoms with E-state index in [2.05, 4.69) is 31.4 Å². The molecule has 0 saturated carbocycles. The Hall–Kier alpha value is -0.570. The first-order valence-corrected chi connectivity index (χ1v) is 7.64. The zero-order chi connectivity index (χ0) is 13.4. The Balaban J connectivity index is 2.48. The summed E-state index contributed by atoms with van der Waals surface area (Å²) < 4.78 is 0. The van der Waals surface area contributed by atoms with Crippen molar-refractivity contribution < 1.29 is 4.79 Å². The van der Waals surface area contributed by atoms with Gasteiger partial charge in [0.15, 0.2) is 0 Å². The number of rotatable bonds is 7. The largest absolute Gasteiger partial charge is 0.353 e. The van der Waals surface area contributed by atoms with Crippen LogP contribution in [0.25, 0.3) is 0 Å². The molecule has 0 aliphatic carbocycles. The highest BCUT2D eigenvalue weighted by Gasteiger charge is 2.35. The molecule has 0 radical (unpaired) electrons. The van der Waals surface area contributed by atoms with E-state index in [0.29, 0.717) is 6.04 Å². The normalized spacial score (nSPS) is 20.4. The molecule has 3 nitrogen and oxygen atoms in total. The summed E-state index contributed by atoms with van der Waals surface area (Å²) in [6.07, 6.45) is 7.73. The van der Waals surface area contributed by atoms with Gasteiger partial charge in [0.2, 0.25) is 5.91 Å². The summed E-state index contributed by atoms with van der Waals surface area (Å²) in [7, 11) is 0. The van der Waals surface area contributed by atoms with Crippen LogP contribution in [-0.2, 0) is 4.79 Å². The van der Waals surface area contributed by atoms with E-state index in [4.69, 9.17) is 0 Å². The van der Waals surface area contributed by atoms with Crippen LogP contribution in [0.5, 0.6) is 0 Å². The minimum Gasteiger partial charge on any atom is -0.353 e. The molecule has 1 heterocycles. The molecule has 1 aliphatic heterocycles. The SMILES string of the molecule is CCCCC(CCC)NC(=O)C1(C)CCNCC1. The monoisotopic (exact) mass is 254 g/mol. The highest BCUT2D eigenvalue weighted by Crippen LogP contribution is 2.28. The Bertz CT molecular complexity index is 247. The van der Waals surface area contributed by atoms with Crippen molar-refractivity contribution in [2.75, 3.05) is 13.1 Å². The molecular formula is C15H30N2O. The molecule has 1 atom stereocenters. The number of carbonyl (C=O) groups excluding carboxylic acids is 1. The van der Waals surface area contributed by atoms with Crippen molar-refractivity contribution in [2.45, 2.75) is 71.8 Å². The van der Waals surface area contributed by atoms with Crippen LogP contribution in [-0.4, -0.2) is 25.0 Å². The molecular weight excluding hydrogens is 224 g/mol. The number of amides is 1. The third kappa shape index (κ3) is 4.60. The van der Waals surface area contributed by atoms with Gasteiger partial charge in [-0.2, -0.15) is 0 Å². The molecule has 0 aromatic rings. The van der Waals surface area contributed by atoms with Gasteiger partial charge in [-0.1, -0.05) is 40.0 Å². The van der Waals surface area contributed by atoms with E-state index in [9.17, 15) is 4.79 Å². The first-order chi connectivity index (χ1) is 8.62. The van der Waals surface area contributed by atoms with Crippen LogP contribution >= 0.6 is 0 Å². The minimum absolute atomic E-state index is 0.149. The van der Waals surface area contributed by atoms with E-state index < -0.39 is 0 Å². The maximum atomic E-state index is 12.4. The van der Waals surface area contributed by atoms with Gasteiger partial charge in [-0.05, 0) is 38.8 Å². The molecule has 0 aromatic carbocycles. The van der Waals surface area contributed by atoms with Crippen LogP contribution in [0.4, 0.5) is 0 Å². The predicted octanol–water partition coefficient (Wildman–Crippen LogP) is 2.85. The third-order valence-electron chi connectivity index (χ3n) is 4.13. The summed E-state index contributed by atoms with van der Waals surface area (Å²) in [4.78, 5) is 12.4. The minimum atomic E-state index is -0.149. The fraction of sp³-hybridized carbons (Fsp3) is 0.933. The summed E-state index contributed by atoms with van der Waals surface area (Å²) in [6.45, 7) is 8.46. The van der Waals surface area contributed by atoms with Gasteiger partial charge < -0.3 is 10.6 Å². The van der Waals surface area contributed by atoms with Crippen LogP contribution in [0.2, 0.25) is 0 Å². The highest BCUT2D eigenvalue weighted by atomic mass is 16.2. The second-order valence-electron chi connectivity index (χ2n) is 5.91. The molecule has 0 aromatic heterocycles. The van der Waals surface area contributed by atoms with Crippen molar-refractivity contribution in [2.24, 2.45) is 5.41 Å². The molecule has 1 unspecified atom stereocenters. The second kappa shape index (κ2) is 7.78. The van der Waals surface area contributed by atoms with Crippen LogP contribution in [0.3, 0.4) is 0 Å². The van der Waals surface area contributed by atoms with Crippen LogP contribution in [0, 0.1) is 5.41 Å². The maximum absolute atomic E-state index is 12.4. The maximum Gasteiger partial charge on any atom is 0.226 e. The van der Waals surface area contributed by atoms with Crippen LogP contribution in [0.1, 0.15) is 65.7 Å². The zero-order valence-electron chi connectivity index (χ0n) is 12.3. The number of unbranched alkanes of at least 4 members (excludes halogenated alkanes) is 1. The van der Waals surface area contributed by atoms with Gasteiger partial charge in [0, 0.05) is 11.5 Å². The van der Waals surface area contributed by atoms with Crippen molar-refractivity contribution in [1.29, 1.82) is 0 Å². The Labute approximate surface area is 112 Å². The van der Waals surface area contributed by atoms with Crippen LogP contribution < -0.4 is 10.6 Å². The number of hydrogen-bond acceptors (Lipinski definition) is 2. The van der Waals surface area contributed by atoms with Crippen molar-refractivity contribution in [3.63, 3.8) is 0 Å². The first kappa shape index (κ1) is 15.5. The lowest BCUT2D eigenvalue weighted by Gasteiger charge is -2.34. The number of hydrogen-bond donors (Lipinski definition) is 2. The number of carbonyl (C=O) groups is 1. The lowest BCUT2D eigenvalue weighted by atomic mass is 9.80. The lowest BCUT2D eigenvalue weighted by Crippen LogP contribution is -2.48. The van der Waals surface area contributed by atoms with Gasteiger partial charge in [0.05, 0.1) is 0 Å². The lowest BCUT2D eigenvalue weighted by molar-refractivity contribution is -0.132. The van der Waals surface area contributed by atoms with E-state index >= 15 is 0 Å². The fourth-order valence-corrected chi connectivity index (χ4v) is 2.65. The van der Waals surface area contributed by atoms with Crippen molar-refractivity contribution in [1.82, 2.24) is 10.6 Å². The molecule has 1 amide bonds. The van der Waals surface area contributed by atoms with Gasteiger partial charge in [0.25, 0.3) is 0 Å². The molecule has 18 heavy (non-hydrogen) atoms. The van der Waals surface area contributed by atoms with Gasteiger partial charge >= 0.3 is 0 Å². The average Bonchev–Trinajstić information content (AvgIpc) is 2.37. The molecule has 0 spiro atoms. The Kier molecular flexibility index (Phi) is 6.69. The second-order valence-corrected chi connectivity index (χ2v) is 5.91. The molecule has 1 fully saturated rings. The van der Waals surface area contributed by atoms with Gasteiger partial charge in [-0.3, -0.25) is 4.79 Å². The number of piperidine rings is 1. The Morgan fingerprint density at radius 1 is 1.22 bits per heavy atom. The summed E-state index contributed by atoms with van der Waals surface area (Å²) in [5, 5.41) is 6.62. The van der Waals surface area contributed by atoms with E-state index in [-0.39, 0.29) is 11.3 Å². The average molecular weight is 254 g/mol. The topological polar surface area (TPSA) is 41.1 Å². The summed E-state index contributed by atoms with van der Waals surface area (Å²) in [5.41, 5.74) is -0.149. The van der Waals surface area contributed by atoms with Gasteiger partial charge in [-0.25, -0.2) is 0 Å². The van der Waals surface area contributed by atoms with E-state index in [0.717, 1.165) is 45.2 Å². The van der Waals surface area contributed by atoms with E-state index in [1.807, 2.05) is 0 Å². The summed E-state index contributed by atoms with van der Waals surface area (Å²) in [6, 6.07) is 0.383. The molecule has 0 bridgehead atoms. The van der Waals surface area contributed by atoms with Crippen molar-refractivity contribution in [3.8, 4) is 0 Å². The van der Waals surface area contributed by atoms with Crippen LogP contribution in [0.15, 0.2) is 0 Å². The molecule has 106 valence electrons. The zero-order valence-corrected chi connectivity index (χ0v) is 12.3.